The second kappa shape index (κ2) is 11.8. The molecule has 0 unspecified atom stereocenters. The molecule has 0 N–H and O–H groups in total. The Balaban J connectivity index is 1.26. The van der Waals surface area contributed by atoms with Gasteiger partial charge in [-0.15, -0.1) is 22.7 Å². The van der Waals surface area contributed by atoms with Gasteiger partial charge in [0.15, 0.2) is 17.5 Å². The number of hydrogen-bond acceptors (Lipinski definition) is 5. The maximum atomic E-state index is 9.65. The molecule has 0 atom stereocenters. The summed E-state index contributed by atoms with van der Waals surface area (Å²) in [4.78, 5) is 14.8. The lowest BCUT2D eigenvalue weighted by molar-refractivity contribution is 1.08. The summed E-state index contributed by atoms with van der Waals surface area (Å²) in [5.41, 5.74) is 2.69. The molecule has 0 aliphatic carbocycles. The first kappa shape index (κ1) is 19.9. The summed E-state index contributed by atoms with van der Waals surface area (Å²) in [5, 5.41) is 2.08. The predicted molar refractivity (Wildman–Crippen MR) is 213 cm³/mol. The zero-order valence-electron chi connectivity index (χ0n) is 36.9. The first-order valence-corrected chi connectivity index (χ1v) is 17.3. The van der Waals surface area contributed by atoms with Crippen molar-refractivity contribution in [1.82, 2.24) is 15.0 Å². The highest BCUT2D eigenvalue weighted by atomic mass is 32.1. The van der Waals surface area contributed by atoms with Crippen molar-refractivity contribution in [3.05, 3.63) is 164 Å². The third kappa shape index (κ3) is 4.90. The largest absolute Gasteiger partial charge is 0.208 e. The molecule has 0 saturated carbocycles. The average molecular weight is 685 g/mol. The van der Waals surface area contributed by atoms with Gasteiger partial charge in [0, 0.05) is 57.0 Å². The Bertz CT molecular complexity index is 3470. The van der Waals surface area contributed by atoms with E-state index in [2.05, 4.69) is 12.1 Å². The van der Waals surface area contributed by atoms with Gasteiger partial charge in [-0.25, -0.2) is 15.0 Å². The third-order valence-corrected chi connectivity index (χ3v) is 10.8. The molecule has 0 fully saturated rings. The fourth-order valence-electron chi connectivity index (χ4n) is 6.23. The van der Waals surface area contributed by atoms with Crippen molar-refractivity contribution in [3.8, 4) is 56.4 Å². The van der Waals surface area contributed by atoms with Crippen LogP contribution in [0.25, 0.3) is 96.8 Å². The lowest BCUT2D eigenvalue weighted by Crippen LogP contribution is -2.00. The number of nitrogens with zero attached hydrogens (tertiary/aromatic N) is 3. The van der Waals surface area contributed by atoms with E-state index in [1.807, 2.05) is 84.9 Å². The molecule has 10 aromatic rings. The van der Waals surface area contributed by atoms with Gasteiger partial charge >= 0.3 is 0 Å². The average Bonchev–Trinajstić information content (AvgIpc) is 3.88. The van der Waals surface area contributed by atoms with Crippen molar-refractivity contribution >= 4 is 63.0 Å². The maximum absolute atomic E-state index is 9.65. The van der Waals surface area contributed by atoms with Gasteiger partial charge in [0.1, 0.15) is 0 Å². The van der Waals surface area contributed by atoms with Crippen molar-refractivity contribution in [2.24, 2.45) is 0 Å². The highest BCUT2D eigenvalue weighted by Gasteiger charge is 2.18. The first-order chi connectivity index (χ1) is 29.3. The van der Waals surface area contributed by atoms with Gasteiger partial charge in [-0.3, -0.25) is 0 Å². The van der Waals surface area contributed by atoms with Gasteiger partial charge in [0.25, 0.3) is 0 Å². The van der Waals surface area contributed by atoms with Crippen molar-refractivity contribution in [1.29, 1.82) is 0 Å². The summed E-state index contributed by atoms with van der Waals surface area (Å²) in [6, 6.07) is 25.8. The van der Waals surface area contributed by atoms with E-state index in [-0.39, 0.29) is 60.6 Å². The molecular formula is C45H27N3S2. The number of rotatable bonds is 5. The van der Waals surface area contributed by atoms with Crippen molar-refractivity contribution < 1.29 is 15.1 Å². The summed E-state index contributed by atoms with van der Waals surface area (Å²) >= 11 is 2.50. The molecule has 0 amide bonds. The Kier molecular flexibility index (Phi) is 4.70. The van der Waals surface area contributed by atoms with Crippen LogP contribution in [0.5, 0.6) is 0 Å². The van der Waals surface area contributed by atoms with E-state index in [1.54, 1.807) is 11.3 Å². The molecule has 0 aliphatic heterocycles. The van der Waals surface area contributed by atoms with E-state index in [4.69, 9.17) is 25.9 Å². The molecule has 0 saturated heterocycles. The number of aromatic nitrogens is 3. The minimum Gasteiger partial charge on any atom is -0.208 e. The fraction of sp³-hybridized carbons (Fsp3) is 0. The van der Waals surface area contributed by atoms with Crippen LogP contribution in [0, 0.1) is 0 Å². The van der Waals surface area contributed by atoms with Gasteiger partial charge in [0.2, 0.25) is 0 Å². The molecule has 0 bridgehead atoms. The number of benzene rings is 7. The minimum absolute atomic E-state index is 0.00458. The van der Waals surface area contributed by atoms with Gasteiger partial charge in [-0.05, 0) is 46.5 Å². The van der Waals surface area contributed by atoms with Crippen LogP contribution >= 0.6 is 22.7 Å². The Morgan fingerprint density at radius 1 is 0.400 bits per heavy atom. The van der Waals surface area contributed by atoms with Gasteiger partial charge < -0.3 is 0 Å². The smallest absolute Gasteiger partial charge is 0.165 e. The van der Waals surface area contributed by atoms with Crippen LogP contribution in [-0.4, -0.2) is 15.0 Å². The summed E-state index contributed by atoms with van der Waals surface area (Å²) in [5.74, 6) is 0.530. The van der Waals surface area contributed by atoms with E-state index >= 15 is 0 Å². The van der Waals surface area contributed by atoms with Crippen LogP contribution < -0.4 is 0 Å². The topological polar surface area (TPSA) is 38.7 Å². The van der Waals surface area contributed by atoms with Crippen molar-refractivity contribution in [3.63, 3.8) is 0 Å². The number of hydrogen-bond donors (Lipinski definition) is 0. The van der Waals surface area contributed by atoms with E-state index in [0.717, 1.165) is 42.6 Å². The van der Waals surface area contributed by atoms with Gasteiger partial charge in [0.05, 0.1) is 15.1 Å². The van der Waals surface area contributed by atoms with Crippen LogP contribution in [0.2, 0.25) is 0 Å². The van der Waals surface area contributed by atoms with E-state index in [9.17, 15) is 4.11 Å². The lowest BCUT2D eigenvalue weighted by atomic mass is 9.99. The quantitative estimate of drug-likeness (QED) is 0.181. The van der Waals surface area contributed by atoms with Gasteiger partial charge in [-0.1, -0.05) is 139 Å². The predicted octanol–water partition coefficient (Wildman–Crippen LogP) is 12.9. The second-order valence-electron chi connectivity index (χ2n) is 11.5. The molecule has 0 aliphatic rings. The molecule has 7 aromatic carbocycles. The number of thiophene rings is 2. The summed E-state index contributed by atoms with van der Waals surface area (Å²) < 4.78 is 99.6. The van der Waals surface area contributed by atoms with Crippen LogP contribution in [0.1, 0.15) is 15.1 Å². The van der Waals surface area contributed by atoms with E-state index < -0.39 is 54.4 Å². The Morgan fingerprint density at radius 2 is 1.12 bits per heavy atom. The molecule has 234 valence electrons. The summed E-state index contributed by atoms with van der Waals surface area (Å²) in [6.45, 7) is 0. The minimum atomic E-state index is -0.650. The van der Waals surface area contributed by atoms with Crippen molar-refractivity contribution in [2.75, 3.05) is 0 Å². The van der Waals surface area contributed by atoms with Crippen LogP contribution in [0.4, 0.5) is 0 Å². The summed E-state index contributed by atoms with van der Waals surface area (Å²) in [7, 11) is 0. The normalized spacial score (nSPS) is 14.7. The van der Waals surface area contributed by atoms with Gasteiger partial charge in [-0.2, -0.15) is 0 Å². The molecule has 3 aromatic heterocycles. The molecule has 10 rings (SSSR count). The fourth-order valence-corrected chi connectivity index (χ4v) is 8.46. The highest BCUT2D eigenvalue weighted by Crippen LogP contribution is 2.42. The Morgan fingerprint density at radius 3 is 1.98 bits per heavy atom. The highest BCUT2D eigenvalue weighted by molar-refractivity contribution is 7.26. The Labute approximate surface area is 312 Å². The van der Waals surface area contributed by atoms with Crippen LogP contribution in [0.15, 0.2) is 164 Å². The van der Waals surface area contributed by atoms with E-state index in [0.29, 0.717) is 17.0 Å². The molecular weight excluding hydrogens is 647 g/mol. The maximum Gasteiger partial charge on any atom is 0.165 e. The Hall–Kier alpha value is -6.01. The standard InChI is InChI=1S/C45H27N3S2/c1-3-11-28(12-4-1)29-21-23-31(24-22-29)43-46-44(48-45(47-43)37-18-9-17-35-34-15-7-8-19-38(34)50-42(35)37)32-25-26-36-40(27-32)49-39-20-10-16-33(41(36)39)30-13-5-2-6-14-30/h1-27H/i2D,5D,6D,10D,13D,14D,16D,20D,25D,26D,27D. The molecule has 50 heavy (non-hydrogen) atoms. The number of fused-ring (bicyclic) bond motifs is 6. The zero-order chi connectivity index (χ0) is 42.6. The second-order valence-corrected chi connectivity index (χ2v) is 13.6. The van der Waals surface area contributed by atoms with Crippen LogP contribution in [0.3, 0.4) is 0 Å². The monoisotopic (exact) mass is 684 g/mol. The van der Waals surface area contributed by atoms with E-state index in [1.165, 1.54) is 0 Å². The molecule has 3 heterocycles. The zero-order valence-corrected chi connectivity index (χ0v) is 27.5. The molecule has 5 heteroatoms. The third-order valence-electron chi connectivity index (χ3n) is 8.58. The molecule has 0 radical (unpaired) electrons. The van der Waals surface area contributed by atoms with Crippen LogP contribution in [-0.2, 0) is 0 Å². The lowest BCUT2D eigenvalue weighted by Gasteiger charge is -2.10. The summed E-state index contributed by atoms with van der Waals surface area (Å²) in [6.07, 6.45) is 0. The SMILES string of the molecule is [2H]c1c([2H])c([2H])c(-c2c([2H])c([2H])c([2H])c3sc4c([2H])c(-c5nc(-c6ccc(-c7ccccc7)cc6)nc(-c6cccc7c6sc6ccccc67)n5)c([2H])c([2H])c4c23)c([2H])c1[2H]. The molecule has 0 spiro atoms. The molecule has 3 nitrogen and oxygen atoms in total. The first-order valence-electron chi connectivity index (χ1n) is 21.2. The van der Waals surface area contributed by atoms with Crippen molar-refractivity contribution in [2.45, 2.75) is 0 Å².